The molecule has 0 aliphatic heterocycles. The lowest BCUT2D eigenvalue weighted by atomic mass is 10.1. The Morgan fingerprint density at radius 3 is 2.69 bits per heavy atom. The van der Waals surface area contributed by atoms with E-state index in [0.29, 0.717) is 12.6 Å². The zero-order valence-corrected chi connectivity index (χ0v) is 10.2. The Bertz CT molecular complexity index is 369. The van der Waals surface area contributed by atoms with Gasteiger partial charge in [0.25, 0.3) is 0 Å². The highest BCUT2D eigenvalue weighted by molar-refractivity contribution is 5.77. The summed E-state index contributed by atoms with van der Waals surface area (Å²) in [5.41, 5.74) is -0.0789. The van der Waals surface area contributed by atoms with E-state index >= 15 is 0 Å². The number of nitrogens with zero attached hydrogens (tertiary/aromatic N) is 2. The lowest BCUT2D eigenvalue weighted by Gasteiger charge is -2.20. The van der Waals surface area contributed by atoms with Crippen LogP contribution in [-0.2, 0) is 11.3 Å². The molecule has 0 aliphatic carbocycles. The number of nitrogens with one attached hydrogen (secondary N) is 1. The molecule has 0 saturated carbocycles. The fraction of sp³-hybridized carbons (Fsp3) is 0.636. The number of rotatable bonds is 5. The Morgan fingerprint density at radius 2 is 2.25 bits per heavy atom. The van der Waals surface area contributed by atoms with Crippen molar-refractivity contribution in [3.8, 4) is 0 Å². The fourth-order valence-electron chi connectivity index (χ4n) is 1.15. The highest BCUT2D eigenvalue weighted by Gasteiger charge is 2.26. The maximum atomic E-state index is 10.9. The van der Waals surface area contributed by atoms with Gasteiger partial charge in [0.15, 0.2) is 0 Å². The predicted molar refractivity (Wildman–Crippen MR) is 61.2 cm³/mol. The van der Waals surface area contributed by atoms with E-state index < -0.39 is 11.5 Å². The molecule has 5 heteroatoms. The average Bonchev–Trinajstić information content (AvgIpc) is 2.63. The number of carbonyl (C=O) groups is 1. The van der Waals surface area contributed by atoms with E-state index in [1.165, 1.54) is 0 Å². The molecule has 2 N–H and O–H groups in total. The normalized spacial score (nSPS) is 12.1. The van der Waals surface area contributed by atoms with Gasteiger partial charge < -0.3 is 5.11 Å². The van der Waals surface area contributed by atoms with Gasteiger partial charge in [0, 0.05) is 18.8 Å². The molecule has 1 rings (SSSR count). The fourth-order valence-corrected chi connectivity index (χ4v) is 1.15. The summed E-state index contributed by atoms with van der Waals surface area (Å²) in [5, 5.41) is 16.2. The quantitative estimate of drug-likeness (QED) is 0.795. The van der Waals surface area contributed by atoms with Crippen molar-refractivity contribution in [1.29, 1.82) is 0 Å². The molecule has 1 heterocycles. The molecule has 0 fully saturated rings. The number of carboxylic acid groups (broad SMARTS) is 1. The predicted octanol–water partition coefficient (Wildman–Crippen LogP) is 1.42. The summed E-state index contributed by atoms with van der Waals surface area (Å²) in [6.45, 7) is 7.82. The topological polar surface area (TPSA) is 67.2 Å². The van der Waals surface area contributed by atoms with Crippen molar-refractivity contribution in [2.24, 2.45) is 0 Å². The van der Waals surface area contributed by atoms with Crippen molar-refractivity contribution in [1.82, 2.24) is 15.1 Å². The Morgan fingerprint density at radius 1 is 1.62 bits per heavy atom. The van der Waals surface area contributed by atoms with E-state index in [-0.39, 0.29) is 0 Å². The third kappa shape index (κ3) is 3.06. The monoisotopic (exact) mass is 225 g/mol. The molecule has 0 aliphatic rings. The van der Waals surface area contributed by atoms with Crippen molar-refractivity contribution in [2.75, 3.05) is 0 Å². The van der Waals surface area contributed by atoms with E-state index in [1.54, 1.807) is 13.8 Å². The van der Waals surface area contributed by atoms with Crippen LogP contribution in [0.1, 0.15) is 39.4 Å². The molecule has 16 heavy (non-hydrogen) atoms. The van der Waals surface area contributed by atoms with Crippen molar-refractivity contribution < 1.29 is 9.90 Å². The molecule has 0 amide bonds. The molecule has 0 bridgehead atoms. The number of hydrogen-bond acceptors (Lipinski definition) is 3. The zero-order valence-electron chi connectivity index (χ0n) is 10.2. The third-order valence-corrected chi connectivity index (χ3v) is 2.44. The third-order valence-electron chi connectivity index (χ3n) is 2.44. The van der Waals surface area contributed by atoms with E-state index in [9.17, 15) is 4.79 Å². The summed E-state index contributed by atoms with van der Waals surface area (Å²) in [6, 6.07) is 2.21. The largest absolute Gasteiger partial charge is 0.480 e. The maximum Gasteiger partial charge on any atom is 0.323 e. The van der Waals surface area contributed by atoms with Gasteiger partial charge in [-0.15, -0.1) is 0 Å². The number of hydrogen-bond donors (Lipinski definition) is 2. The average molecular weight is 225 g/mol. The summed E-state index contributed by atoms with van der Waals surface area (Å²) >= 11 is 0. The highest BCUT2D eigenvalue weighted by atomic mass is 16.4. The van der Waals surface area contributed by atoms with Crippen LogP contribution in [-0.4, -0.2) is 26.4 Å². The molecule has 0 spiro atoms. The van der Waals surface area contributed by atoms with Gasteiger partial charge in [0.05, 0.1) is 5.69 Å². The van der Waals surface area contributed by atoms with Crippen LogP contribution in [0.2, 0.25) is 0 Å². The van der Waals surface area contributed by atoms with E-state index in [0.717, 1.165) is 5.69 Å². The van der Waals surface area contributed by atoms with Gasteiger partial charge in [-0.2, -0.15) is 5.10 Å². The van der Waals surface area contributed by atoms with Crippen molar-refractivity contribution in [3.05, 3.63) is 18.0 Å². The van der Waals surface area contributed by atoms with Crippen LogP contribution in [0, 0.1) is 0 Å². The van der Waals surface area contributed by atoms with Crippen molar-refractivity contribution in [2.45, 2.75) is 45.8 Å². The Kier molecular flexibility index (Phi) is 3.70. The molecule has 90 valence electrons. The van der Waals surface area contributed by atoms with Gasteiger partial charge in [-0.05, 0) is 33.8 Å². The standard InChI is InChI=1S/C11H19N3O2/c1-8(2)14-6-5-9(13-14)7-12-11(3,4)10(15)16/h5-6,8,12H,7H2,1-4H3,(H,15,16). The van der Waals surface area contributed by atoms with Crippen LogP contribution < -0.4 is 5.32 Å². The van der Waals surface area contributed by atoms with E-state index in [4.69, 9.17) is 5.11 Å². The molecule has 0 radical (unpaired) electrons. The lowest BCUT2D eigenvalue weighted by molar-refractivity contribution is -0.143. The maximum absolute atomic E-state index is 10.9. The molecule has 0 atom stereocenters. The second-order valence-electron chi connectivity index (χ2n) is 4.66. The molecule has 0 unspecified atom stereocenters. The number of carboxylic acids is 1. The summed E-state index contributed by atoms with van der Waals surface area (Å²) < 4.78 is 1.85. The first-order chi connectivity index (χ1) is 7.33. The van der Waals surface area contributed by atoms with Gasteiger partial charge in [-0.25, -0.2) is 0 Å². The molecule has 1 aromatic heterocycles. The van der Waals surface area contributed by atoms with Crippen LogP contribution in [0.15, 0.2) is 12.3 Å². The van der Waals surface area contributed by atoms with Crippen LogP contribution in [0.5, 0.6) is 0 Å². The summed E-state index contributed by atoms with van der Waals surface area (Å²) in [7, 11) is 0. The van der Waals surface area contributed by atoms with Gasteiger partial charge in [0.2, 0.25) is 0 Å². The molecular formula is C11H19N3O2. The summed E-state index contributed by atoms with van der Waals surface area (Å²) in [6.07, 6.45) is 1.90. The van der Waals surface area contributed by atoms with Gasteiger partial charge in [-0.1, -0.05) is 0 Å². The van der Waals surface area contributed by atoms with Crippen molar-refractivity contribution in [3.63, 3.8) is 0 Å². The van der Waals surface area contributed by atoms with E-state index in [1.807, 2.05) is 30.8 Å². The first kappa shape index (κ1) is 12.7. The lowest BCUT2D eigenvalue weighted by Crippen LogP contribution is -2.46. The van der Waals surface area contributed by atoms with Crippen LogP contribution >= 0.6 is 0 Å². The molecule has 1 aromatic rings. The second-order valence-corrected chi connectivity index (χ2v) is 4.66. The minimum atomic E-state index is -0.929. The molecule has 0 aromatic carbocycles. The van der Waals surface area contributed by atoms with Gasteiger partial charge in [-0.3, -0.25) is 14.8 Å². The van der Waals surface area contributed by atoms with Crippen LogP contribution in [0.25, 0.3) is 0 Å². The van der Waals surface area contributed by atoms with E-state index in [2.05, 4.69) is 10.4 Å². The van der Waals surface area contributed by atoms with Crippen molar-refractivity contribution >= 4 is 5.97 Å². The SMILES string of the molecule is CC(C)n1ccc(CNC(C)(C)C(=O)O)n1. The number of aromatic nitrogens is 2. The molecular weight excluding hydrogens is 206 g/mol. The minimum absolute atomic E-state index is 0.321. The minimum Gasteiger partial charge on any atom is -0.480 e. The first-order valence-electron chi connectivity index (χ1n) is 5.35. The summed E-state index contributed by atoms with van der Waals surface area (Å²) in [4.78, 5) is 10.9. The molecule has 0 saturated heterocycles. The number of aliphatic carboxylic acids is 1. The Hall–Kier alpha value is -1.36. The zero-order chi connectivity index (χ0) is 12.3. The molecule has 5 nitrogen and oxygen atoms in total. The Balaban J connectivity index is 2.58. The van der Waals surface area contributed by atoms with Gasteiger partial charge >= 0.3 is 5.97 Å². The first-order valence-corrected chi connectivity index (χ1v) is 5.35. The van der Waals surface area contributed by atoms with Gasteiger partial charge in [0.1, 0.15) is 5.54 Å². The second kappa shape index (κ2) is 4.65. The highest BCUT2D eigenvalue weighted by Crippen LogP contribution is 2.07. The smallest absolute Gasteiger partial charge is 0.323 e. The van der Waals surface area contributed by atoms with Crippen LogP contribution in [0.3, 0.4) is 0 Å². The summed E-state index contributed by atoms with van der Waals surface area (Å²) in [5.74, 6) is -0.865. The van der Waals surface area contributed by atoms with Crippen LogP contribution in [0.4, 0.5) is 0 Å². The Labute approximate surface area is 95.5 Å².